The van der Waals surface area contributed by atoms with Gasteiger partial charge >= 0.3 is 12.1 Å². The van der Waals surface area contributed by atoms with Crippen molar-refractivity contribution < 1.29 is 38.2 Å². The summed E-state index contributed by atoms with van der Waals surface area (Å²) in [7, 11) is 1.43. The minimum atomic E-state index is -0.848. The highest BCUT2D eigenvalue weighted by molar-refractivity contribution is 7.80. The van der Waals surface area contributed by atoms with Crippen molar-refractivity contribution in [1.82, 2.24) is 21.3 Å². The van der Waals surface area contributed by atoms with Gasteiger partial charge in [0, 0.05) is 55.8 Å². The highest BCUT2D eigenvalue weighted by atomic mass is 35.5. The molecule has 4 atom stereocenters. The van der Waals surface area contributed by atoms with E-state index in [1.54, 1.807) is 37.3 Å². The van der Waals surface area contributed by atoms with Crippen molar-refractivity contribution in [3.63, 3.8) is 0 Å². The number of carbonyl (C=O) groups excluding carboxylic acids is 5. The molecular weight excluding hydrogens is 696 g/mol. The monoisotopic (exact) mass is 750 g/mol. The molecule has 0 fully saturated rings. The normalized spacial score (nSPS) is 17.4. The summed E-state index contributed by atoms with van der Waals surface area (Å²) in [6.45, 7) is 11.9. The van der Waals surface area contributed by atoms with E-state index in [0.29, 0.717) is 56.0 Å². The number of alkyl carbamates (subject to hydrolysis) is 1. The van der Waals surface area contributed by atoms with Crippen molar-refractivity contribution in [2.75, 3.05) is 26.0 Å². The van der Waals surface area contributed by atoms with E-state index in [1.807, 2.05) is 46.8 Å². The van der Waals surface area contributed by atoms with Gasteiger partial charge in [0.1, 0.15) is 18.2 Å². The molecule has 0 saturated carbocycles. The lowest BCUT2D eigenvalue weighted by Gasteiger charge is -2.29. The molecule has 1 heterocycles. The maximum Gasteiger partial charge on any atom is 0.407 e. The fraction of sp³-hybridized carbons (Fsp3) is 0.541. The predicted octanol–water partition coefficient (Wildman–Crippen LogP) is 5.53. The summed E-state index contributed by atoms with van der Waals surface area (Å²) < 4.78 is 16.0. The first kappa shape index (κ1) is 45.1. The van der Waals surface area contributed by atoms with E-state index < -0.39 is 41.4 Å². The average Bonchev–Trinajstić information content (AvgIpc) is 3.05. The van der Waals surface area contributed by atoms with Crippen LogP contribution >= 0.6 is 24.2 Å². The van der Waals surface area contributed by atoms with Crippen molar-refractivity contribution >= 4 is 54.0 Å². The van der Waals surface area contributed by atoms with Gasteiger partial charge in [0.25, 0.3) is 0 Å². The van der Waals surface area contributed by atoms with E-state index in [2.05, 4.69) is 33.9 Å². The standard InChI is InChI=1S/C37H55ClN4O8S/c1-25(24-26(2)29-17-18-30(48-7)35(46)50-29)12-8-9-14-32(44)42-33(37(4,5)6)34(45)40-20-10-13-28(16-15-27(3)38)49-36(47)41-22-11-21-39-31(43)19-23-51/h8-10,12,14-15,18,20,24,26,28-29,33,51H,11,13,16-17,19,21-23H2,1-7H3,(H,39,43)(H,40,45)(H,41,47)(H,42,44)/b12-8-,14-9-,20-10-,25-24+,27-15+/t26-,28?,29-,33?/m0/s1. The summed E-state index contributed by atoms with van der Waals surface area (Å²) in [5.41, 5.74) is 0.323. The maximum absolute atomic E-state index is 13.1. The molecule has 284 valence electrons. The van der Waals surface area contributed by atoms with Crippen LogP contribution in [0.2, 0.25) is 0 Å². The topological polar surface area (TPSA) is 161 Å². The summed E-state index contributed by atoms with van der Waals surface area (Å²) in [5, 5.41) is 11.4. The smallest absolute Gasteiger partial charge is 0.407 e. The van der Waals surface area contributed by atoms with Gasteiger partial charge in [-0.2, -0.15) is 12.6 Å². The van der Waals surface area contributed by atoms with E-state index in [9.17, 15) is 24.0 Å². The largest absolute Gasteiger partial charge is 0.490 e. The highest BCUT2D eigenvalue weighted by Crippen LogP contribution is 2.23. The maximum atomic E-state index is 13.1. The van der Waals surface area contributed by atoms with Crippen LogP contribution in [0.3, 0.4) is 0 Å². The van der Waals surface area contributed by atoms with Crippen molar-refractivity contribution in [2.45, 2.75) is 91.9 Å². The molecule has 0 radical (unpaired) electrons. The van der Waals surface area contributed by atoms with Crippen LogP contribution in [0.15, 0.2) is 71.2 Å². The van der Waals surface area contributed by atoms with Gasteiger partial charge in [-0.1, -0.05) is 81.3 Å². The van der Waals surface area contributed by atoms with E-state index >= 15 is 0 Å². The van der Waals surface area contributed by atoms with Crippen molar-refractivity contribution in [3.8, 4) is 0 Å². The van der Waals surface area contributed by atoms with E-state index in [0.717, 1.165) is 5.57 Å². The number of allylic oxidation sites excluding steroid dienone is 5. The Bertz CT molecular complexity index is 1360. The molecule has 0 spiro atoms. The Morgan fingerprint density at radius 1 is 1.10 bits per heavy atom. The number of rotatable bonds is 20. The summed E-state index contributed by atoms with van der Waals surface area (Å²) in [6, 6.07) is -0.848. The molecule has 0 aromatic rings. The number of halogens is 1. The molecule has 1 aliphatic rings. The van der Waals surface area contributed by atoms with Gasteiger partial charge in [-0.05, 0) is 43.7 Å². The minimum absolute atomic E-state index is 0.0315. The number of hydrogen-bond donors (Lipinski definition) is 5. The SMILES string of the molecule is COC1=CC[C@@H]([C@@H](C)/C=C(C)/C=C\C=C/C(=O)NC(C(=O)N/C=C\CC(C/C=C(\C)Cl)OC(=O)NCCCNC(=O)CCS)C(C)(C)C)OC1=O. The molecule has 0 saturated heterocycles. The summed E-state index contributed by atoms with van der Waals surface area (Å²) in [5.74, 6) is -0.765. The lowest BCUT2D eigenvalue weighted by Crippen LogP contribution is -2.52. The molecule has 2 unspecified atom stereocenters. The number of thiol groups is 1. The summed E-state index contributed by atoms with van der Waals surface area (Å²) in [4.78, 5) is 61.6. The molecule has 0 aromatic carbocycles. The molecule has 51 heavy (non-hydrogen) atoms. The number of methoxy groups -OCH3 is 1. The van der Waals surface area contributed by atoms with Crippen LogP contribution in [0, 0.1) is 11.3 Å². The molecule has 0 aromatic heterocycles. The lowest BCUT2D eigenvalue weighted by molar-refractivity contribution is -0.151. The molecule has 0 bridgehead atoms. The molecular formula is C37H55ClN4O8S. The summed E-state index contributed by atoms with van der Waals surface area (Å²) >= 11 is 10.0. The first-order valence-corrected chi connectivity index (χ1v) is 18.0. The third-order valence-electron chi connectivity index (χ3n) is 7.42. The van der Waals surface area contributed by atoms with Gasteiger partial charge < -0.3 is 35.5 Å². The minimum Gasteiger partial charge on any atom is -0.490 e. The van der Waals surface area contributed by atoms with Gasteiger partial charge in [0.15, 0.2) is 5.76 Å². The number of carbonyl (C=O) groups is 5. The Morgan fingerprint density at radius 3 is 2.41 bits per heavy atom. The van der Waals surface area contributed by atoms with E-state index in [-0.39, 0.29) is 23.7 Å². The van der Waals surface area contributed by atoms with Gasteiger partial charge in [-0.15, -0.1) is 0 Å². The van der Waals surface area contributed by atoms with Crippen LogP contribution in [-0.2, 0) is 33.4 Å². The number of hydrogen-bond acceptors (Lipinski definition) is 9. The zero-order valence-corrected chi connectivity index (χ0v) is 32.4. The molecule has 1 rings (SSSR count). The first-order valence-electron chi connectivity index (χ1n) is 17.0. The number of amides is 4. The molecule has 14 heteroatoms. The van der Waals surface area contributed by atoms with Gasteiger partial charge in [0.05, 0.1) is 7.11 Å². The van der Waals surface area contributed by atoms with Crippen molar-refractivity contribution in [3.05, 3.63) is 71.2 Å². The molecule has 1 aliphatic heterocycles. The quantitative estimate of drug-likeness (QED) is 0.0357. The molecule has 12 nitrogen and oxygen atoms in total. The number of esters is 1. The van der Waals surface area contributed by atoms with Crippen LogP contribution in [0.25, 0.3) is 0 Å². The predicted molar refractivity (Wildman–Crippen MR) is 203 cm³/mol. The second-order valence-corrected chi connectivity index (χ2v) is 14.1. The zero-order valence-electron chi connectivity index (χ0n) is 30.8. The Morgan fingerprint density at radius 2 is 1.78 bits per heavy atom. The zero-order chi connectivity index (χ0) is 38.4. The average molecular weight is 751 g/mol. The second kappa shape index (κ2) is 24.3. The number of ether oxygens (including phenoxy) is 3. The van der Waals surface area contributed by atoms with Crippen LogP contribution in [-0.4, -0.2) is 74.0 Å². The van der Waals surface area contributed by atoms with Crippen LogP contribution in [0.5, 0.6) is 0 Å². The molecule has 4 N–H and O–H groups in total. The third-order valence-corrected chi connectivity index (χ3v) is 7.80. The van der Waals surface area contributed by atoms with Crippen LogP contribution in [0.4, 0.5) is 4.79 Å². The van der Waals surface area contributed by atoms with E-state index in [1.165, 1.54) is 19.4 Å². The third kappa shape index (κ3) is 19.9. The second-order valence-electron chi connectivity index (χ2n) is 13.1. The van der Waals surface area contributed by atoms with Crippen molar-refractivity contribution in [1.29, 1.82) is 0 Å². The van der Waals surface area contributed by atoms with E-state index in [4.69, 9.17) is 25.8 Å². The lowest BCUT2D eigenvalue weighted by atomic mass is 9.86. The number of cyclic esters (lactones) is 1. The number of nitrogens with one attached hydrogen (secondary N) is 4. The molecule has 4 amide bonds. The fourth-order valence-corrected chi connectivity index (χ4v) is 4.94. The Balaban J connectivity index is 2.68. The first-order chi connectivity index (χ1) is 24.1. The summed E-state index contributed by atoms with van der Waals surface area (Å²) in [6.07, 6.45) is 15.7. The Hall–Kier alpha value is -3.97. The van der Waals surface area contributed by atoms with Gasteiger partial charge in [-0.3, -0.25) is 14.4 Å². The van der Waals surface area contributed by atoms with Crippen LogP contribution < -0.4 is 21.3 Å². The van der Waals surface area contributed by atoms with Gasteiger partial charge in [0.2, 0.25) is 17.7 Å². The van der Waals surface area contributed by atoms with Crippen LogP contribution in [0.1, 0.15) is 73.6 Å². The Labute approximate surface area is 313 Å². The fourth-order valence-electron chi connectivity index (χ4n) is 4.65. The van der Waals surface area contributed by atoms with Gasteiger partial charge in [-0.25, -0.2) is 9.59 Å². The molecule has 0 aliphatic carbocycles. The highest BCUT2D eigenvalue weighted by Gasteiger charge is 2.32. The van der Waals surface area contributed by atoms with Crippen molar-refractivity contribution in [2.24, 2.45) is 11.3 Å². The Kier molecular flexibility index (Phi) is 21.4.